The average Bonchev–Trinajstić information content (AvgIpc) is 2.94. The van der Waals surface area contributed by atoms with Crippen molar-refractivity contribution in [2.24, 2.45) is 7.05 Å². The molecule has 6 heteroatoms. The molecule has 134 valence electrons. The van der Waals surface area contributed by atoms with Gasteiger partial charge in [0, 0.05) is 24.7 Å². The summed E-state index contributed by atoms with van der Waals surface area (Å²) in [6.07, 6.45) is 3.41. The molecule has 0 bridgehead atoms. The van der Waals surface area contributed by atoms with Gasteiger partial charge in [0.05, 0.1) is 5.75 Å². The molecule has 1 fully saturated rings. The normalized spacial score (nSPS) is 20.7. The van der Waals surface area contributed by atoms with Crippen LogP contribution in [0.15, 0.2) is 29.4 Å². The van der Waals surface area contributed by atoms with Crippen LogP contribution < -0.4 is 0 Å². The van der Waals surface area contributed by atoms with Crippen molar-refractivity contribution in [1.82, 2.24) is 19.7 Å². The minimum Gasteiger partial charge on any atom is -0.337 e. The second-order valence-corrected chi connectivity index (χ2v) is 7.84. The molecular weight excluding hydrogens is 332 g/mol. The van der Waals surface area contributed by atoms with Crippen LogP contribution in [0.1, 0.15) is 38.7 Å². The van der Waals surface area contributed by atoms with E-state index in [9.17, 15) is 4.79 Å². The summed E-state index contributed by atoms with van der Waals surface area (Å²) in [6.45, 7) is 6.37. The van der Waals surface area contributed by atoms with Crippen molar-refractivity contribution >= 4 is 17.7 Å². The molecule has 5 nitrogen and oxygen atoms in total. The molecule has 1 amide bonds. The topological polar surface area (TPSA) is 51.0 Å². The van der Waals surface area contributed by atoms with E-state index in [4.69, 9.17) is 0 Å². The Labute approximate surface area is 153 Å². The Kier molecular flexibility index (Phi) is 5.47. The molecule has 25 heavy (non-hydrogen) atoms. The third-order valence-corrected chi connectivity index (χ3v) is 6.03. The van der Waals surface area contributed by atoms with Crippen LogP contribution in [0.3, 0.4) is 0 Å². The number of amides is 1. The first-order chi connectivity index (χ1) is 12.0. The molecule has 0 saturated carbocycles. The van der Waals surface area contributed by atoms with Crippen molar-refractivity contribution in [3.8, 4) is 11.4 Å². The highest BCUT2D eigenvalue weighted by Gasteiger charge is 2.29. The third kappa shape index (κ3) is 3.73. The second-order valence-electron chi connectivity index (χ2n) is 6.90. The smallest absolute Gasteiger partial charge is 0.233 e. The fourth-order valence-electron chi connectivity index (χ4n) is 3.61. The molecule has 1 aliphatic rings. The predicted molar refractivity (Wildman–Crippen MR) is 102 cm³/mol. The quantitative estimate of drug-likeness (QED) is 0.783. The largest absolute Gasteiger partial charge is 0.337 e. The van der Waals surface area contributed by atoms with Gasteiger partial charge in [-0.1, -0.05) is 36.0 Å². The summed E-state index contributed by atoms with van der Waals surface area (Å²) < 4.78 is 1.98. The highest BCUT2D eigenvalue weighted by Crippen LogP contribution is 2.27. The zero-order valence-corrected chi connectivity index (χ0v) is 16.2. The van der Waals surface area contributed by atoms with Gasteiger partial charge < -0.3 is 9.47 Å². The predicted octanol–water partition coefficient (Wildman–Crippen LogP) is 3.67. The summed E-state index contributed by atoms with van der Waals surface area (Å²) >= 11 is 1.47. The summed E-state index contributed by atoms with van der Waals surface area (Å²) in [4.78, 5) is 14.7. The van der Waals surface area contributed by atoms with Gasteiger partial charge in [0.1, 0.15) is 0 Å². The molecule has 1 saturated heterocycles. The van der Waals surface area contributed by atoms with Crippen molar-refractivity contribution in [2.45, 2.75) is 57.3 Å². The van der Waals surface area contributed by atoms with E-state index in [0.29, 0.717) is 17.8 Å². The number of aromatic nitrogens is 3. The lowest BCUT2D eigenvalue weighted by Crippen LogP contribution is -2.48. The number of hydrogen-bond donors (Lipinski definition) is 0. The van der Waals surface area contributed by atoms with Crippen LogP contribution in [0, 0.1) is 6.92 Å². The number of carbonyl (C=O) groups is 1. The molecule has 1 aromatic heterocycles. The second kappa shape index (κ2) is 7.60. The van der Waals surface area contributed by atoms with Crippen molar-refractivity contribution in [2.75, 3.05) is 5.75 Å². The monoisotopic (exact) mass is 358 g/mol. The van der Waals surface area contributed by atoms with E-state index < -0.39 is 0 Å². The van der Waals surface area contributed by atoms with Gasteiger partial charge in [-0.15, -0.1) is 10.2 Å². The molecule has 0 spiro atoms. The third-order valence-electron chi connectivity index (χ3n) is 5.03. The zero-order valence-electron chi connectivity index (χ0n) is 15.4. The molecule has 3 rings (SSSR count). The van der Waals surface area contributed by atoms with Gasteiger partial charge in [0.25, 0.3) is 0 Å². The molecule has 1 aromatic carbocycles. The van der Waals surface area contributed by atoms with Crippen LogP contribution in [0.4, 0.5) is 0 Å². The SMILES string of the molecule is Cc1ccccc1-c1nnc(SCC(=O)N2[C@@H](C)CCC[C@@H]2C)n1C. The van der Waals surface area contributed by atoms with Crippen LogP contribution in [0.2, 0.25) is 0 Å². The van der Waals surface area contributed by atoms with E-state index in [0.717, 1.165) is 29.4 Å². The number of nitrogens with zero attached hydrogens (tertiary/aromatic N) is 4. The number of hydrogen-bond acceptors (Lipinski definition) is 4. The molecule has 2 aromatic rings. The summed E-state index contributed by atoms with van der Waals surface area (Å²) in [5, 5.41) is 9.41. The molecule has 0 N–H and O–H groups in total. The summed E-state index contributed by atoms with van der Waals surface area (Å²) in [5.41, 5.74) is 2.25. The fraction of sp³-hybridized carbons (Fsp3) is 0.526. The Morgan fingerprint density at radius 3 is 2.56 bits per heavy atom. The van der Waals surface area contributed by atoms with E-state index in [1.807, 2.05) is 23.7 Å². The number of aryl methyl sites for hydroxylation is 1. The van der Waals surface area contributed by atoms with E-state index in [1.54, 1.807) is 0 Å². The fourth-order valence-corrected chi connectivity index (χ4v) is 4.39. The van der Waals surface area contributed by atoms with Gasteiger partial charge in [0.2, 0.25) is 5.91 Å². The molecule has 0 aliphatic carbocycles. The molecule has 2 atom stereocenters. The van der Waals surface area contributed by atoms with Gasteiger partial charge in [-0.25, -0.2) is 0 Å². The molecular formula is C19H26N4OS. The maximum atomic E-state index is 12.7. The van der Waals surface area contributed by atoms with Crippen LogP contribution in [-0.2, 0) is 11.8 Å². The number of likely N-dealkylation sites (tertiary alicyclic amines) is 1. The van der Waals surface area contributed by atoms with E-state index in [2.05, 4.69) is 48.0 Å². The van der Waals surface area contributed by atoms with Gasteiger partial charge in [-0.05, 0) is 45.6 Å². The molecule has 0 unspecified atom stereocenters. The first-order valence-corrected chi connectivity index (χ1v) is 9.87. The molecule has 0 radical (unpaired) electrons. The standard InChI is InChI=1S/C19H26N4OS/c1-13-8-5-6-11-16(13)18-20-21-19(22(18)4)25-12-17(24)23-14(2)9-7-10-15(23)3/h5-6,8,11,14-15H,7,9-10,12H2,1-4H3/t14-,15-/m0/s1. The maximum absolute atomic E-state index is 12.7. The van der Waals surface area contributed by atoms with Gasteiger partial charge >= 0.3 is 0 Å². The highest BCUT2D eigenvalue weighted by atomic mass is 32.2. The van der Waals surface area contributed by atoms with Crippen molar-refractivity contribution in [3.63, 3.8) is 0 Å². The Morgan fingerprint density at radius 1 is 1.20 bits per heavy atom. The Balaban J connectivity index is 1.70. The van der Waals surface area contributed by atoms with Crippen molar-refractivity contribution in [1.29, 1.82) is 0 Å². The van der Waals surface area contributed by atoms with Crippen molar-refractivity contribution < 1.29 is 4.79 Å². The van der Waals surface area contributed by atoms with E-state index in [-0.39, 0.29) is 5.91 Å². The number of thioether (sulfide) groups is 1. The first kappa shape index (κ1) is 18.0. The van der Waals surface area contributed by atoms with Gasteiger partial charge in [0.15, 0.2) is 11.0 Å². The van der Waals surface area contributed by atoms with Crippen LogP contribution in [0.5, 0.6) is 0 Å². The minimum atomic E-state index is 0.199. The van der Waals surface area contributed by atoms with Crippen molar-refractivity contribution in [3.05, 3.63) is 29.8 Å². The number of carbonyl (C=O) groups excluding carboxylic acids is 1. The lowest BCUT2D eigenvalue weighted by atomic mass is 9.98. The maximum Gasteiger partial charge on any atom is 0.233 e. The van der Waals surface area contributed by atoms with Crippen LogP contribution in [-0.4, -0.2) is 43.4 Å². The molecule has 2 heterocycles. The van der Waals surface area contributed by atoms with Gasteiger partial charge in [-0.3, -0.25) is 4.79 Å². The van der Waals surface area contributed by atoms with E-state index >= 15 is 0 Å². The number of piperidine rings is 1. The Hall–Kier alpha value is -1.82. The number of benzene rings is 1. The summed E-state index contributed by atoms with van der Waals surface area (Å²) in [5.74, 6) is 1.45. The lowest BCUT2D eigenvalue weighted by Gasteiger charge is -2.39. The average molecular weight is 359 g/mol. The molecule has 1 aliphatic heterocycles. The van der Waals surface area contributed by atoms with Gasteiger partial charge in [-0.2, -0.15) is 0 Å². The van der Waals surface area contributed by atoms with Crippen LogP contribution in [0.25, 0.3) is 11.4 Å². The lowest BCUT2D eigenvalue weighted by molar-refractivity contribution is -0.134. The first-order valence-electron chi connectivity index (χ1n) is 8.88. The minimum absolute atomic E-state index is 0.199. The van der Waals surface area contributed by atoms with Crippen LogP contribution >= 0.6 is 11.8 Å². The summed E-state index contributed by atoms with van der Waals surface area (Å²) in [7, 11) is 1.96. The van der Waals surface area contributed by atoms with E-state index in [1.165, 1.54) is 23.7 Å². The Morgan fingerprint density at radius 2 is 1.88 bits per heavy atom. The summed E-state index contributed by atoms with van der Waals surface area (Å²) in [6, 6.07) is 8.81. The zero-order chi connectivity index (χ0) is 18.0. The Bertz CT molecular complexity index is 748. The highest BCUT2D eigenvalue weighted by molar-refractivity contribution is 7.99. The number of rotatable bonds is 4.